The minimum absolute atomic E-state index is 0.333. The average Bonchev–Trinajstić information content (AvgIpc) is 2.67. The Balaban J connectivity index is 1.95. The molecule has 2 nitrogen and oxygen atoms in total. The van der Waals surface area contributed by atoms with E-state index in [2.05, 4.69) is 56.0 Å². The summed E-state index contributed by atoms with van der Waals surface area (Å²) in [5.74, 6) is 0. The van der Waals surface area contributed by atoms with Crippen molar-refractivity contribution in [3.63, 3.8) is 0 Å². The van der Waals surface area contributed by atoms with Crippen LogP contribution in [0.5, 0.6) is 0 Å². The fourth-order valence-electron chi connectivity index (χ4n) is 4.90. The number of aliphatic hydroxyl groups is 1. The Morgan fingerprint density at radius 3 is 1.89 bits per heavy atom. The molecule has 0 bridgehead atoms. The van der Waals surface area contributed by atoms with Gasteiger partial charge in [-0.3, -0.25) is 4.90 Å². The Bertz CT molecular complexity index is 500. The van der Waals surface area contributed by atoms with Crippen molar-refractivity contribution in [3.05, 3.63) is 35.9 Å². The van der Waals surface area contributed by atoms with Gasteiger partial charge in [0.25, 0.3) is 0 Å². The third-order valence-electron chi connectivity index (χ3n) is 6.89. The summed E-state index contributed by atoms with van der Waals surface area (Å²) >= 11 is 0. The zero-order chi connectivity index (χ0) is 20.2. The molecule has 0 saturated carbocycles. The molecule has 0 radical (unpaired) electrons. The number of unbranched alkanes of at least 4 members (excludes halogenated alkanes) is 8. The Labute approximate surface area is 174 Å². The fourth-order valence-corrected chi connectivity index (χ4v) is 4.90. The Morgan fingerprint density at radius 1 is 0.893 bits per heavy atom. The van der Waals surface area contributed by atoms with E-state index in [0.29, 0.717) is 12.1 Å². The zero-order valence-corrected chi connectivity index (χ0v) is 18.8. The average molecular weight is 388 g/mol. The minimum atomic E-state index is -0.500. The topological polar surface area (TPSA) is 23.5 Å². The van der Waals surface area contributed by atoms with Crippen LogP contribution in [0.2, 0.25) is 0 Å². The van der Waals surface area contributed by atoms with Gasteiger partial charge in [-0.15, -0.1) is 0 Å². The molecule has 1 fully saturated rings. The summed E-state index contributed by atoms with van der Waals surface area (Å²) in [5, 5.41) is 11.8. The molecule has 2 atom stereocenters. The maximum Gasteiger partial charge on any atom is 0.0802 e. The van der Waals surface area contributed by atoms with Crippen molar-refractivity contribution in [1.82, 2.24) is 4.90 Å². The van der Waals surface area contributed by atoms with Gasteiger partial charge in [0.1, 0.15) is 0 Å². The van der Waals surface area contributed by atoms with E-state index in [1.807, 2.05) is 0 Å². The molecule has 0 spiro atoms. The Hall–Kier alpha value is -0.860. The molecule has 1 aliphatic rings. The van der Waals surface area contributed by atoms with Crippen molar-refractivity contribution in [1.29, 1.82) is 0 Å². The second-order valence-electron chi connectivity index (χ2n) is 9.06. The van der Waals surface area contributed by atoms with Gasteiger partial charge in [-0.2, -0.15) is 0 Å². The van der Waals surface area contributed by atoms with Crippen molar-refractivity contribution in [3.8, 4) is 0 Å². The molecule has 1 aliphatic heterocycles. The molecular formula is C26H45NO. The van der Waals surface area contributed by atoms with E-state index in [0.717, 1.165) is 25.8 Å². The van der Waals surface area contributed by atoms with Gasteiger partial charge in [-0.1, -0.05) is 108 Å². The van der Waals surface area contributed by atoms with Gasteiger partial charge in [0.05, 0.1) is 5.60 Å². The van der Waals surface area contributed by atoms with E-state index in [1.54, 1.807) is 0 Å². The molecule has 1 aromatic carbocycles. The molecule has 2 heteroatoms. The molecule has 2 rings (SSSR count). The van der Waals surface area contributed by atoms with Gasteiger partial charge in [0, 0.05) is 18.6 Å². The molecule has 28 heavy (non-hydrogen) atoms. The lowest BCUT2D eigenvalue weighted by molar-refractivity contribution is -0.118. The van der Waals surface area contributed by atoms with E-state index >= 15 is 0 Å². The predicted octanol–water partition coefficient (Wildman–Crippen LogP) is 7.27. The van der Waals surface area contributed by atoms with E-state index in [4.69, 9.17) is 0 Å². The quantitative estimate of drug-likeness (QED) is 0.320. The van der Waals surface area contributed by atoms with Crippen LogP contribution in [-0.2, 0) is 0 Å². The van der Waals surface area contributed by atoms with Crippen LogP contribution in [0.25, 0.3) is 0 Å². The first kappa shape index (κ1) is 23.4. The van der Waals surface area contributed by atoms with Crippen LogP contribution in [0.4, 0.5) is 0 Å². The molecule has 0 aliphatic carbocycles. The molecule has 0 aromatic heterocycles. The van der Waals surface area contributed by atoms with Crippen LogP contribution in [0, 0.1) is 0 Å². The SMILES string of the molecule is CCCCCCCC(O)(CCCCCCC)[C@H]1CCN1[C@@H](C)c1ccccc1. The fraction of sp³-hybridized carbons (Fsp3) is 0.769. The monoisotopic (exact) mass is 387 g/mol. The summed E-state index contributed by atoms with van der Waals surface area (Å²) < 4.78 is 0. The normalized spacial score (nSPS) is 18.8. The second-order valence-corrected chi connectivity index (χ2v) is 9.06. The summed E-state index contributed by atoms with van der Waals surface area (Å²) in [4.78, 5) is 2.56. The molecule has 0 unspecified atom stereocenters. The van der Waals surface area contributed by atoms with Gasteiger partial charge < -0.3 is 5.11 Å². The standard InChI is InChI=1S/C26H45NO/c1-4-6-8-10-15-20-26(28,21-16-11-9-7-5-2)25-19-22-27(25)23(3)24-17-13-12-14-18-24/h12-14,17-18,23,25,28H,4-11,15-16,19-22H2,1-3H3/t23-,25+/m0/s1. The summed E-state index contributed by atoms with van der Waals surface area (Å²) in [6.07, 6.45) is 15.9. The highest BCUT2D eigenvalue weighted by molar-refractivity contribution is 5.20. The van der Waals surface area contributed by atoms with Crippen LogP contribution in [-0.4, -0.2) is 28.2 Å². The third kappa shape index (κ3) is 6.88. The van der Waals surface area contributed by atoms with Crippen molar-refractivity contribution in [2.24, 2.45) is 0 Å². The number of rotatable bonds is 15. The molecule has 1 aromatic rings. The van der Waals surface area contributed by atoms with Crippen LogP contribution in [0.1, 0.15) is 116 Å². The maximum absolute atomic E-state index is 11.8. The first-order valence-corrected chi connectivity index (χ1v) is 12.2. The highest BCUT2D eigenvalue weighted by atomic mass is 16.3. The van der Waals surface area contributed by atoms with Crippen LogP contribution < -0.4 is 0 Å². The van der Waals surface area contributed by atoms with E-state index < -0.39 is 5.60 Å². The number of hydrogen-bond donors (Lipinski definition) is 1. The van der Waals surface area contributed by atoms with E-state index in [9.17, 15) is 5.11 Å². The zero-order valence-electron chi connectivity index (χ0n) is 18.8. The summed E-state index contributed by atoms with van der Waals surface area (Å²) in [6, 6.07) is 11.5. The van der Waals surface area contributed by atoms with Crippen LogP contribution in [0.3, 0.4) is 0 Å². The third-order valence-corrected chi connectivity index (χ3v) is 6.89. The Kier molecular flexibility index (Phi) is 10.6. The lowest BCUT2D eigenvalue weighted by Crippen LogP contribution is -2.61. The van der Waals surface area contributed by atoms with Crippen LogP contribution in [0.15, 0.2) is 30.3 Å². The molecule has 160 valence electrons. The van der Waals surface area contributed by atoms with Crippen molar-refractivity contribution in [2.45, 2.75) is 122 Å². The lowest BCUT2D eigenvalue weighted by Gasteiger charge is -2.53. The number of benzene rings is 1. The second kappa shape index (κ2) is 12.6. The lowest BCUT2D eigenvalue weighted by atomic mass is 9.76. The number of nitrogens with zero attached hydrogens (tertiary/aromatic N) is 1. The molecule has 0 amide bonds. The van der Waals surface area contributed by atoms with Gasteiger partial charge in [-0.05, 0) is 31.7 Å². The predicted molar refractivity (Wildman–Crippen MR) is 122 cm³/mol. The molecule has 1 N–H and O–H groups in total. The van der Waals surface area contributed by atoms with Gasteiger partial charge >= 0.3 is 0 Å². The molecule has 1 saturated heterocycles. The largest absolute Gasteiger partial charge is 0.388 e. The molecule has 1 heterocycles. The Morgan fingerprint density at radius 2 is 1.43 bits per heavy atom. The van der Waals surface area contributed by atoms with Crippen molar-refractivity contribution < 1.29 is 5.11 Å². The van der Waals surface area contributed by atoms with Gasteiger partial charge in [-0.25, -0.2) is 0 Å². The van der Waals surface area contributed by atoms with E-state index in [1.165, 1.54) is 69.8 Å². The van der Waals surface area contributed by atoms with Crippen LogP contribution >= 0.6 is 0 Å². The van der Waals surface area contributed by atoms with Gasteiger partial charge in [0.2, 0.25) is 0 Å². The first-order valence-electron chi connectivity index (χ1n) is 12.2. The summed E-state index contributed by atoms with van der Waals surface area (Å²) in [6.45, 7) is 7.97. The number of hydrogen-bond acceptors (Lipinski definition) is 2. The highest BCUT2D eigenvalue weighted by Crippen LogP contribution is 2.40. The maximum atomic E-state index is 11.8. The van der Waals surface area contributed by atoms with E-state index in [-0.39, 0.29) is 0 Å². The number of likely N-dealkylation sites (tertiary alicyclic amines) is 1. The minimum Gasteiger partial charge on any atom is -0.388 e. The summed E-state index contributed by atoms with van der Waals surface area (Å²) in [5.41, 5.74) is 0.875. The first-order chi connectivity index (χ1) is 13.6. The van der Waals surface area contributed by atoms with Gasteiger partial charge in [0.15, 0.2) is 0 Å². The van der Waals surface area contributed by atoms with Crippen molar-refractivity contribution in [2.75, 3.05) is 6.54 Å². The van der Waals surface area contributed by atoms with Crippen molar-refractivity contribution >= 4 is 0 Å². The highest BCUT2D eigenvalue weighted by Gasteiger charge is 2.46. The molecular weight excluding hydrogens is 342 g/mol. The summed E-state index contributed by atoms with van der Waals surface area (Å²) in [7, 11) is 0. The smallest absolute Gasteiger partial charge is 0.0802 e.